The third-order valence-corrected chi connectivity index (χ3v) is 5.86. The number of rotatable bonds is 2. The zero-order valence-electron chi connectivity index (χ0n) is 16.3. The molecule has 146 valence electrons. The van der Waals surface area contributed by atoms with Gasteiger partial charge in [-0.05, 0) is 19.5 Å². The molecule has 0 spiro atoms. The number of benzene rings is 1. The van der Waals surface area contributed by atoms with Crippen LogP contribution in [0.4, 0.5) is 5.69 Å². The average Bonchev–Trinajstić information content (AvgIpc) is 3.01. The van der Waals surface area contributed by atoms with Crippen LogP contribution < -0.4 is 10.2 Å². The molecule has 0 saturated carbocycles. The molecule has 2 fully saturated rings. The smallest absolute Gasteiger partial charge is 0.249 e. The summed E-state index contributed by atoms with van der Waals surface area (Å²) in [6, 6.07) is 5.90. The van der Waals surface area contributed by atoms with E-state index in [-0.39, 0.29) is 17.9 Å². The van der Waals surface area contributed by atoms with Crippen molar-refractivity contribution in [2.24, 2.45) is 0 Å². The van der Waals surface area contributed by atoms with Gasteiger partial charge in [0.1, 0.15) is 11.0 Å². The minimum absolute atomic E-state index is 0.193. The summed E-state index contributed by atoms with van der Waals surface area (Å²) < 4.78 is 0. The number of hydrogen-bond acceptors (Lipinski definition) is 5. The van der Waals surface area contributed by atoms with E-state index >= 15 is 0 Å². The molecule has 6 nitrogen and oxygen atoms in total. The summed E-state index contributed by atoms with van der Waals surface area (Å²) in [7, 11) is 2.15. The number of anilines is 1. The molecule has 3 heterocycles. The van der Waals surface area contributed by atoms with Gasteiger partial charge in [-0.3, -0.25) is 14.9 Å². The first-order chi connectivity index (χ1) is 13.0. The van der Waals surface area contributed by atoms with Gasteiger partial charge >= 0.3 is 0 Å². The fourth-order valence-electron chi connectivity index (χ4n) is 3.91. The number of carbonyl (C=O) groups excluding carboxylic acids is 2. The summed E-state index contributed by atoms with van der Waals surface area (Å²) in [5.74, 6) is -0.422. The molecule has 2 amide bonds. The van der Waals surface area contributed by atoms with Crippen LogP contribution in [0.25, 0.3) is 0 Å². The van der Waals surface area contributed by atoms with E-state index in [4.69, 9.17) is 12.2 Å². The largest absolute Gasteiger partial charge is 0.369 e. The van der Waals surface area contributed by atoms with Crippen molar-refractivity contribution >= 4 is 34.7 Å². The third kappa shape index (κ3) is 3.84. The molecule has 2 saturated heterocycles. The van der Waals surface area contributed by atoms with E-state index in [1.807, 2.05) is 30.9 Å². The van der Waals surface area contributed by atoms with E-state index in [1.165, 1.54) is 11.3 Å². The van der Waals surface area contributed by atoms with E-state index in [2.05, 4.69) is 28.2 Å². The molecule has 1 N–H and O–H groups in total. The van der Waals surface area contributed by atoms with Gasteiger partial charge in [0, 0.05) is 56.0 Å². The lowest BCUT2D eigenvalue weighted by molar-refractivity contribution is -0.136. The van der Waals surface area contributed by atoms with Gasteiger partial charge < -0.3 is 14.7 Å². The summed E-state index contributed by atoms with van der Waals surface area (Å²) in [5.41, 5.74) is 3.49. The molecule has 7 heteroatoms. The Balaban J connectivity index is 0.00000102. The van der Waals surface area contributed by atoms with Crippen LogP contribution in [0.2, 0.25) is 0 Å². The Kier molecular flexibility index (Phi) is 6.11. The Morgan fingerprint density at radius 3 is 2.48 bits per heavy atom. The van der Waals surface area contributed by atoms with Crippen LogP contribution in [-0.4, -0.2) is 65.9 Å². The molecular formula is C20H28N4O2S. The second-order valence-corrected chi connectivity index (χ2v) is 7.38. The summed E-state index contributed by atoms with van der Waals surface area (Å²) in [6.45, 7) is 8.73. The number of nitrogens with one attached hydrogen (secondary N) is 1. The number of likely N-dealkylation sites (N-methyl/N-ethyl adjacent to an activating group) is 1. The molecule has 0 radical (unpaired) electrons. The van der Waals surface area contributed by atoms with Crippen molar-refractivity contribution in [3.8, 4) is 0 Å². The van der Waals surface area contributed by atoms with Crippen molar-refractivity contribution in [1.82, 2.24) is 15.1 Å². The molecule has 0 aromatic heterocycles. The molecule has 3 aliphatic heterocycles. The first-order valence-electron chi connectivity index (χ1n) is 9.74. The Morgan fingerprint density at radius 1 is 1.11 bits per heavy atom. The fraction of sp³-hybridized carbons (Fsp3) is 0.550. The summed E-state index contributed by atoms with van der Waals surface area (Å²) in [6.07, 6.45) is 0.903. The van der Waals surface area contributed by atoms with Gasteiger partial charge in [-0.15, -0.1) is 0 Å². The average molecular weight is 389 g/mol. The van der Waals surface area contributed by atoms with Crippen LogP contribution in [0, 0.1) is 0 Å². The second-order valence-electron chi connectivity index (χ2n) is 6.99. The van der Waals surface area contributed by atoms with Crippen LogP contribution in [-0.2, 0) is 16.1 Å². The maximum absolute atomic E-state index is 12.3. The highest BCUT2D eigenvalue weighted by molar-refractivity contribution is 7.80. The molecule has 1 aromatic rings. The molecule has 27 heavy (non-hydrogen) atoms. The molecule has 1 aromatic carbocycles. The molecule has 1 unspecified atom stereocenters. The highest BCUT2D eigenvalue weighted by atomic mass is 32.1. The van der Waals surface area contributed by atoms with Gasteiger partial charge in [-0.25, -0.2) is 0 Å². The van der Waals surface area contributed by atoms with Gasteiger partial charge in [0.2, 0.25) is 11.8 Å². The number of carbonyl (C=O) groups is 2. The zero-order chi connectivity index (χ0) is 19.6. The first kappa shape index (κ1) is 19.8. The molecule has 0 bridgehead atoms. The monoisotopic (exact) mass is 388 g/mol. The topological polar surface area (TPSA) is 55.9 Å². The van der Waals surface area contributed by atoms with E-state index in [9.17, 15) is 9.59 Å². The number of piperidine rings is 1. The Hall–Kier alpha value is -1.99. The number of piperazine rings is 1. The van der Waals surface area contributed by atoms with E-state index in [1.54, 1.807) is 0 Å². The number of hydrogen-bond donors (Lipinski definition) is 1. The van der Waals surface area contributed by atoms with Crippen molar-refractivity contribution in [3.05, 3.63) is 29.3 Å². The standard InChI is InChI=1S/C18H22N4O2S.C2H6/c1-20-7-9-21(10-8-20)14-4-2-3-12-13(14)11-22(18(12)25)15-5-6-16(23)19-17(15)24;1-2/h2-4,15H,5-11H2,1H3,(H,19,23,24);1-2H3. The minimum Gasteiger partial charge on any atom is -0.369 e. The lowest BCUT2D eigenvalue weighted by Crippen LogP contribution is -2.52. The number of fused-ring (bicyclic) bond motifs is 1. The van der Waals surface area contributed by atoms with Gasteiger partial charge in [0.15, 0.2) is 0 Å². The van der Waals surface area contributed by atoms with Gasteiger partial charge in [0.05, 0.1) is 0 Å². The molecule has 0 aliphatic carbocycles. The lowest BCUT2D eigenvalue weighted by atomic mass is 10.0. The van der Waals surface area contributed by atoms with Crippen molar-refractivity contribution < 1.29 is 9.59 Å². The normalized spacial score (nSPS) is 22.9. The van der Waals surface area contributed by atoms with E-state index < -0.39 is 0 Å². The fourth-order valence-corrected chi connectivity index (χ4v) is 4.30. The summed E-state index contributed by atoms with van der Waals surface area (Å²) >= 11 is 5.67. The molecular weight excluding hydrogens is 360 g/mol. The highest BCUT2D eigenvalue weighted by Crippen LogP contribution is 2.35. The van der Waals surface area contributed by atoms with Crippen molar-refractivity contribution in [1.29, 1.82) is 0 Å². The quantitative estimate of drug-likeness (QED) is 0.616. The van der Waals surface area contributed by atoms with Crippen LogP contribution >= 0.6 is 12.2 Å². The first-order valence-corrected chi connectivity index (χ1v) is 10.2. The molecule has 3 aliphatic rings. The number of amides is 2. The Bertz CT molecular complexity index is 743. The Labute approximate surface area is 166 Å². The van der Waals surface area contributed by atoms with Crippen molar-refractivity contribution in [3.63, 3.8) is 0 Å². The highest BCUT2D eigenvalue weighted by Gasteiger charge is 2.38. The maximum Gasteiger partial charge on any atom is 0.249 e. The summed E-state index contributed by atoms with van der Waals surface area (Å²) in [5, 5.41) is 2.44. The van der Waals surface area contributed by atoms with Gasteiger partial charge in [-0.2, -0.15) is 0 Å². The second kappa shape index (κ2) is 8.35. The molecule has 1 atom stereocenters. The third-order valence-electron chi connectivity index (χ3n) is 5.40. The number of nitrogens with zero attached hydrogens (tertiary/aromatic N) is 3. The van der Waals surface area contributed by atoms with Crippen LogP contribution in [0.15, 0.2) is 18.2 Å². The zero-order valence-corrected chi connectivity index (χ0v) is 17.1. The van der Waals surface area contributed by atoms with Crippen LogP contribution in [0.3, 0.4) is 0 Å². The minimum atomic E-state index is -0.349. The number of thiocarbonyl (C=S) groups is 1. The predicted molar refractivity (Wildman–Crippen MR) is 111 cm³/mol. The number of imide groups is 1. The van der Waals surface area contributed by atoms with Gasteiger partial charge in [0.25, 0.3) is 0 Å². The SMILES string of the molecule is CC.CN1CCN(c2cccc3c2CN(C2CCC(=O)NC2=O)C3=S)CC1. The van der Waals surface area contributed by atoms with Crippen LogP contribution in [0.1, 0.15) is 37.8 Å². The van der Waals surface area contributed by atoms with Crippen molar-refractivity contribution in [2.45, 2.75) is 39.3 Å². The van der Waals surface area contributed by atoms with E-state index in [0.29, 0.717) is 19.4 Å². The van der Waals surface area contributed by atoms with Gasteiger partial charge in [-0.1, -0.05) is 38.2 Å². The van der Waals surface area contributed by atoms with Crippen LogP contribution in [0.5, 0.6) is 0 Å². The molecule has 4 rings (SSSR count). The predicted octanol–water partition coefficient (Wildman–Crippen LogP) is 1.76. The van der Waals surface area contributed by atoms with Crippen molar-refractivity contribution in [2.75, 3.05) is 38.1 Å². The maximum atomic E-state index is 12.3. The lowest BCUT2D eigenvalue weighted by Gasteiger charge is -2.35. The summed E-state index contributed by atoms with van der Waals surface area (Å²) in [4.78, 5) is 31.1. The van der Waals surface area contributed by atoms with E-state index in [0.717, 1.165) is 36.7 Å². The Morgan fingerprint density at radius 2 is 1.81 bits per heavy atom.